The molecule has 0 saturated heterocycles. The van der Waals surface area contributed by atoms with Gasteiger partial charge in [-0.2, -0.15) is 0 Å². The van der Waals surface area contributed by atoms with Gasteiger partial charge < -0.3 is 15.2 Å². The molecule has 1 aromatic carbocycles. The Morgan fingerprint density at radius 2 is 2.15 bits per heavy atom. The molecule has 0 fully saturated rings. The first-order chi connectivity index (χ1) is 9.38. The van der Waals surface area contributed by atoms with Crippen molar-refractivity contribution in [3.63, 3.8) is 0 Å². The van der Waals surface area contributed by atoms with E-state index in [1.54, 1.807) is 13.2 Å². The zero-order valence-electron chi connectivity index (χ0n) is 12.4. The Morgan fingerprint density at radius 1 is 1.45 bits per heavy atom. The number of amides is 1. The Kier molecular flexibility index (Phi) is 5.75. The van der Waals surface area contributed by atoms with E-state index in [0.29, 0.717) is 5.69 Å². The third kappa shape index (κ3) is 5.04. The number of hydrogen-bond donors (Lipinski definition) is 2. The maximum absolute atomic E-state index is 11.9. The molecule has 0 unspecified atom stereocenters. The van der Waals surface area contributed by atoms with Gasteiger partial charge in [-0.1, -0.05) is 17.9 Å². The molecule has 0 heterocycles. The zero-order valence-corrected chi connectivity index (χ0v) is 12.4. The number of ether oxygens (including phenoxy) is 1. The minimum Gasteiger partial charge on any atom is -0.384 e. The van der Waals surface area contributed by atoms with E-state index in [1.165, 1.54) is 0 Å². The van der Waals surface area contributed by atoms with Gasteiger partial charge in [-0.25, -0.2) is 0 Å². The summed E-state index contributed by atoms with van der Waals surface area (Å²) in [7, 11) is 1.59. The van der Waals surface area contributed by atoms with Gasteiger partial charge in [0.25, 0.3) is 0 Å². The maximum atomic E-state index is 11.9. The Balaban J connectivity index is 2.81. The number of aliphatic hydroxyl groups is 1. The Labute approximate surface area is 120 Å². The van der Waals surface area contributed by atoms with Gasteiger partial charge in [-0.05, 0) is 38.5 Å². The zero-order chi connectivity index (χ0) is 15.2. The van der Waals surface area contributed by atoms with Crippen molar-refractivity contribution in [2.24, 2.45) is 0 Å². The number of hydrogen-bond acceptors (Lipinski definition) is 3. The molecule has 20 heavy (non-hydrogen) atoms. The van der Waals surface area contributed by atoms with E-state index in [0.717, 1.165) is 11.1 Å². The summed E-state index contributed by atoms with van der Waals surface area (Å²) in [4.78, 5) is 11.9. The number of nitrogens with one attached hydrogen (secondary N) is 1. The van der Waals surface area contributed by atoms with Gasteiger partial charge >= 0.3 is 0 Å². The van der Waals surface area contributed by atoms with E-state index >= 15 is 0 Å². The molecule has 4 heteroatoms. The van der Waals surface area contributed by atoms with E-state index < -0.39 is 5.60 Å². The van der Waals surface area contributed by atoms with Crippen molar-refractivity contribution in [1.82, 2.24) is 0 Å². The van der Waals surface area contributed by atoms with Gasteiger partial charge in [0.2, 0.25) is 5.91 Å². The monoisotopic (exact) mass is 275 g/mol. The van der Waals surface area contributed by atoms with Gasteiger partial charge in [-0.3, -0.25) is 4.79 Å². The molecule has 0 radical (unpaired) electrons. The van der Waals surface area contributed by atoms with Crippen LogP contribution in [0.2, 0.25) is 0 Å². The Hall–Kier alpha value is -1.83. The quantitative estimate of drug-likeness (QED) is 0.827. The van der Waals surface area contributed by atoms with Crippen molar-refractivity contribution in [3.05, 3.63) is 29.3 Å². The van der Waals surface area contributed by atoms with Gasteiger partial charge in [0.05, 0.1) is 12.0 Å². The van der Waals surface area contributed by atoms with Crippen LogP contribution in [0.15, 0.2) is 18.2 Å². The van der Waals surface area contributed by atoms with Crippen LogP contribution in [0.25, 0.3) is 0 Å². The van der Waals surface area contributed by atoms with Crippen LogP contribution >= 0.6 is 0 Å². The highest BCUT2D eigenvalue weighted by molar-refractivity contribution is 5.91. The summed E-state index contributed by atoms with van der Waals surface area (Å²) < 4.78 is 5.23. The van der Waals surface area contributed by atoms with Gasteiger partial charge in [0.1, 0.15) is 6.61 Å². The second kappa shape index (κ2) is 7.09. The standard InChI is InChI=1S/C16H21NO3/c1-12-7-8-14(10-13(12)6-5-9-18)17-15(19)11-16(2,3)20-4/h7-8,10,18H,9,11H2,1-4H3,(H,17,19). The average Bonchev–Trinajstić information content (AvgIpc) is 2.38. The van der Waals surface area contributed by atoms with Crippen molar-refractivity contribution in [1.29, 1.82) is 0 Å². The summed E-state index contributed by atoms with van der Waals surface area (Å²) in [6.07, 6.45) is 0.273. The van der Waals surface area contributed by atoms with Crippen LogP contribution in [0.5, 0.6) is 0 Å². The predicted molar refractivity (Wildman–Crippen MR) is 79.5 cm³/mol. The molecule has 1 aromatic rings. The van der Waals surface area contributed by atoms with Crippen molar-refractivity contribution < 1.29 is 14.6 Å². The fourth-order valence-electron chi connectivity index (χ4n) is 1.63. The summed E-state index contributed by atoms with van der Waals surface area (Å²) in [5, 5.41) is 11.6. The first-order valence-electron chi connectivity index (χ1n) is 6.43. The lowest BCUT2D eigenvalue weighted by molar-refractivity contribution is -0.121. The number of rotatable bonds is 4. The number of aryl methyl sites for hydroxylation is 1. The molecule has 0 aliphatic rings. The summed E-state index contributed by atoms with van der Waals surface area (Å²) in [6, 6.07) is 5.52. The first kappa shape index (κ1) is 16.2. The molecule has 0 aliphatic carbocycles. The van der Waals surface area contributed by atoms with Crippen LogP contribution in [0.3, 0.4) is 0 Å². The van der Waals surface area contributed by atoms with Crippen LogP contribution < -0.4 is 5.32 Å². The molecule has 1 rings (SSSR count). The Bertz CT molecular complexity index is 538. The predicted octanol–water partition coefficient (Wildman–Crippen LogP) is 2.09. The molecule has 0 saturated carbocycles. The number of methoxy groups -OCH3 is 1. The van der Waals surface area contributed by atoms with Crippen LogP contribution in [0, 0.1) is 18.8 Å². The molecule has 2 N–H and O–H groups in total. The molecular formula is C16H21NO3. The van der Waals surface area contributed by atoms with E-state index in [9.17, 15) is 4.79 Å². The van der Waals surface area contributed by atoms with Crippen LogP contribution in [-0.4, -0.2) is 30.3 Å². The number of carbonyl (C=O) groups excluding carboxylic acids is 1. The van der Waals surface area contributed by atoms with E-state index in [2.05, 4.69) is 17.2 Å². The van der Waals surface area contributed by atoms with Crippen LogP contribution in [0.4, 0.5) is 5.69 Å². The minimum absolute atomic E-state index is 0.109. The number of anilines is 1. The second-order valence-electron chi connectivity index (χ2n) is 5.18. The average molecular weight is 275 g/mol. The third-order valence-corrected chi connectivity index (χ3v) is 2.96. The van der Waals surface area contributed by atoms with Crippen molar-refractivity contribution in [2.45, 2.75) is 32.8 Å². The molecular weight excluding hydrogens is 254 g/mol. The number of aliphatic hydroxyl groups excluding tert-OH is 1. The molecule has 0 aromatic heterocycles. The highest BCUT2D eigenvalue weighted by Gasteiger charge is 2.21. The lowest BCUT2D eigenvalue weighted by Gasteiger charge is -2.22. The highest BCUT2D eigenvalue weighted by Crippen LogP contribution is 2.17. The fourth-order valence-corrected chi connectivity index (χ4v) is 1.63. The maximum Gasteiger partial charge on any atom is 0.227 e. The number of benzene rings is 1. The lowest BCUT2D eigenvalue weighted by atomic mass is 10.0. The van der Waals surface area contributed by atoms with E-state index in [1.807, 2.05) is 32.9 Å². The SMILES string of the molecule is COC(C)(C)CC(=O)Nc1ccc(C)c(C#CCO)c1. The highest BCUT2D eigenvalue weighted by atomic mass is 16.5. The summed E-state index contributed by atoms with van der Waals surface area (Å²) in [5.74, 6) is 5.36. The van der Waals surface area contributed by atoms with Gasteiger partial charge in [0, 0.05) is 18.4 Å². The molecule has 1 amide bonds. The van der Waals surface area contributed by atoms with Gasteiger partial charge in [0.15, 0.2) is 0 Å². The minimum atomic E-state index is -0.492. The van der Waals surface area contributed by atoms with Gasteiger partial charge in [-0.15, -0.1) is 0 Å². The molecule has 108 valence electrons. The second-order valence-corrected chi connectivity index (χ2v) is 5.18. The molecule has 0 spiro atoms. The first-order valence-corrected chi connectivity index (χ1v) is 6.43. The van der Waals surface area contributed by atoms with E-state index in [4.69, 9.17) is 9.84 Å². The Morgan fingerprint density at radius 3 is 2.75 bits per heavy atom. The van der Waals surface area contributed by atoms with E-state index in [-0.39, 0.29) is 18.9 Å². The molecule has 4 nitrogen and oxygen atoms in total. The van der Waals surface area contributed by atoms with Crippen LogP contribution in [-0.2, 0) is 9.53 Å². The fraction of sp³-hybridized carbons (Fsp3) is 0.438. The third-order valence-electron chi connectivity index (χ3n) is 2.96. The van der Waals surface area contributed by atoms with Crippen molar-refractivity contribution in [2.75, 3.05) is 19.0 Å². The molecule has 0 atom stereocenters. The normalized spacial score (nSPS) is 10.7. The van der Waals surface area contributed by atoms with Crippen molar-refractivity contribution in [3.8, 4) is 11.8 Å². The number of carbonyl (C=O) groups is 1. The molecule has 0 aliphatic heterocycles. The summed E-state index contributed by atoms with van der Waals surface area (Å²) >= 11 is 0. The molecule has 0 bridgehead atoms. The summed E-state index contributed by atoms with van der Waals surface area (Å²) in [5.41, 5.74) is 1.99. The van der Waals surface area contributed by atoms with Crippen LogP contribution in [0.1, 0.15) is 31.4 Å². The largest absolute Gasteiger partial charge is 0.384 e. The van der Waals surface area contributed by atoms with Crippen molar-refractivity contribution >= 4 is 11.6 Å². The topological polar surface area (TPSA) is 58.6 Å². The summed E-state index contributed by atoms with van der Waals surface area (Å²) in [6.45, 7) is 5.47. The smallest absolute Gasteiger partial charge is 0.227 e. The lowest BCUT2D eigenvalue weighted by Crippen LogP contribution is -2.29.